The summed E-state index contributed by atoms with van der Waals surface area (Å²) in [4.78, 5) is 13.2. The summed E-state index contributed by atoms with van der Waals surface area (Å²) < 4.78 is 0. The van der Waals surface area contributed by atoms with E-state index >= 15 is 0 Å². The third-order valence-electron chi connectivity index (χ3n) is 3.04. The summed E-state index contributed by atoms with van der Waals surface area (Å²) in [5, 5.41) is 6.14. The van der Waals surface area contributed by atoms with Crippen molar-refractivity contribution >= 4 is 23.4 Å². The van der Waals surface area contributed by atoms with Crippen LogP contribution in [0.5, 0.6) is 0 Å². The third kappa shape index (κ3) is 3.49. The summed E-state index contributed by atoms with van der Waals surface area (Å²) in [6.45, 7) is 7.24. The van der Waals surface area contributed by atoms with Crippen molar-refractivity contribution in [3.05, 3.63) is 48.1 Å². The second-order valence-corrected chi connectivity index (χ2v) is 5.44. The molecule has 4 heteroatoms. The van der Waals surface area contributed by atoms with Crippen LogP contribution in [0.15, 0.2) is 53.0 Å². The second-order valence-electron chi connectivity index (χ2n) is 4.38. The molecule has 1 aromatic rings. The van der Waals surface area contributed by atoms with Gasteiger partial charge < -0.3 is 10.6 Å². The highest BCUT2D eigenvalue weighted by Gasteiger charge is 2.16. The van der Waals surface area contributed by atoms with E-state index in [-0.39, 0.29) is 5.91 Å². The number of hydrogen-bond acceptors (Lipinski definition) is 3. The number of carbonyl (C=O) groups excluding carboxylic acids is 1. The van der Waals surface area contributed by atoms with Gasteiger partial charge in [0.25, 0.3) is 5.91 Å². The fourth-order valence-electron chi connectivity index (χ4n) is 1.74. The molecule has 1 aliphatic rings. The fraction of sp³-hybridized carbons (Fsp3) is 0.267. The molecule has 0 spiro atoms. The van der Waals surface area contributed by atoms with Gasteiger partial charge in [0.05, 0.1) is 5.69 Å². The average Bonchev–Trinajstić information content (AvgIpc) is 2.35. The summed E-state index contributed by atoms with van der Waals surface area (Å²) in [7, 11) is 0. The van der Waals surface area contributed by atoms with E-state index in [0.29, 0.717) is 0 Å². The number of benzene rings is 1. The van der Waals surface area contributed by atoms with Crippen molar-refractivity contribution in [1.82, 2.24) is 5.32 Å². The van der Waals surface area contributed by atoms with Gasteiger partial charge in [0.15, 0.2) is 0 Å². The predicted molar refractivity (Wildman–Crippen MR) is 81.6 cm³/mol. The Morgan fingerprint density at radius 3 is 2.84 bits per heavy atom. The molecular weight excluding hydrogens is 256 g/mol. The molecule has 1 aliphatic heterocycles. The number of rotatable bonds is 5. The molecule has 1 heterocycles. The van der Waals surface area contributed by atoms with Gasteiger partial charge in [-0.3, -0.25) is 4.79 Å². The van der Waals surface area contributed by atoms with E-state index in [9.17, 15) is 4.79 Å². The van der Waals surface area contributed by atoms with E-state index in [0.717, 1.165) is 35.0 Å². The molecule has 0 saturated carbocycles. The minimum atomic E-state index is -0.0110. The molecule has 100 valence electrons. The van der Waals surface area contributed by atoms with Gasteiger partial charge in [-0.25, -0.2) is 0 Å². The van der Waals surface area contributed by atoms with Gasteiger partial charge in [-0.1, -0.05) is 18.2 Å². The maximum Gasteiger partial charge on any atom is 0.251 e. The van der Waals surface area contributed by atoms with E-state index in [1.54, 1.807) is 11.8 Å². The first-order chi connectivity index (χ1) is 9.22. The van der Waals surface area contributed by atoms with Gasteiger partial charge >= 0.3 is 0 Å². The largest absolute Gasteiger partial charge is 0.321 e. The monoisotopic (exact) mass is 274 g/mol. The molecule has 0 radical (unpaired) electrons. The van der Waals surface area contributed by atoms with Crippen LogP contribution in [-0.2, 0) is 4.79 Å². The Balaban J connectivity index is 2.10. The zero-order chi connectivity index (χ0) is 13.7. The zero-order valence-electron chi connectivity index (χ0n) is 11.0. The van der Waals surface area contributed by atoms with Gasteiger partial charge in [0.1, 0.15) is 0 Å². The molecule has 1 fully saturated rings. The van der Waals surface area contributed by atoms with Gasteiger partial charge in [0.2, 0.25) is 0 Å². The highest BCUT2D eigenvalue weighted by Crippen LogP contribution is 2.27. The molecular formula is C15H18N2OS. The van der Waals surface area contributed by atoms with Crippen LogP contribution in [-0.4, -0.2) is 24.7 Å². The second kappa shape index (κ2) is 6.59. The van der Waals surface area contributed by atoms with Crippen molar-refractivity contribution in [3.8, 4) is 0 Å². The molecule has 0 atom stereocenters. The molecule has 2 rings (SSSR count). The fourth-order valence-corrected chi connectivity index (χ4v) is 2.48. The number of anilines is 1. The summed E-state index contributed by atoms with van der Waals surface area (Å²) in [5.74, 6) is 0.819. The Morgan fingerprint density at radius 1 is 1.47 bits per heavy atom. The van der Waals surface area contributed by atoms with Crippen LogP contribution in [0.1, 0.15) is 6.92 Å². The first-order valence-electron chi connectivity index (χ1n) is 6.25. The number of carbonyl (C=O) groups is 1. The maximum atomic E-state index is 12.1. The van der Waals surface area contributed by atoms with E-state index < -0.39 is 0 Å². The Kier molecular flexibility index (Phi) is 4.82. The van der Waals surface area contributed by atoms with Crippen LogP contribution < -0.4 is 10.6 Å². The predicted octanol–water partition coefficient (Wildman–Crippen LogP) is 2.82. The van der Waals surface area contributed by atoms with E-state index in [1.165, 1.54) is 5.57 Å². The quantitative estimate of drug-likeness (QED) is 0.493. The Hall–Kier alpha value is -1.52. The molecule has 1 saturated heterocycles. The lowest BCUT2D eigenvalue weighted by Crippen LogP contribution is -2.36. The van der Waals surface area contributed by atoms with E-state index in [1.807, 2.05) is 37.3 Å². The number of thioether (sulfide) groups is 1. The van der Waals surface area contributed by atoms with Crippen molar-refractivity contribution in [2.45, 2.75) is 11.8 Å². The molecule has 1 amide bonds. The van der Waals surface area contributed by atoms with Gasteiger partial charge in [0, 0.05) is 29.3 Å². The minimum absolute atomic E-state index is 0.0110. The van der Waals surface area contributed by atoms with Crippen molar-refractivity contribution in [2.24, 2.45) is 0 Å². The van der Waals surface area contributed by atoms with E-state index in [2.05, 4.69) is 17.2 Å². The molecule has 0 aromatic heterocycles. The number of hydrogen-bond donors (Lipinski definition) is 2. The van der Waals surface area contributed by atoms with Crippen LogP contribution >= 0.6 is 11.8 Å². The topological polar surface area (TPSA) is 41.1 Å². The Morgan fingerprint density at radius 2 is 2.21 bits per heavy atom. The van der Waals surface area contributed by atoms with Crippen LogP contribution in [0.3, 0.4) is 0 Å². The smallest absolute Gasteiger partial charge is 0.251 e. The molecule has 0 bridgehead atoms. The van der Waals surface area contributed by atoms with Crippen molar-refractivity contribution in [1.29, 1.82) is 0 Å². The molecule has 1 aromatic carbocycles. The summed E-state index contributed by atoms with van der Waals surface area (Å²) in [5.41, 5.74) is 2.88. The average molecular weight is 274 g/mol. The summed E-state index contributed by atoms with van der Waals surface area (Å²) >= 11 is 1.67. The zero-order valence-corrected chi connectivity index (χ0v) is 11.8. The number of para-hydroxylation sites is 1. The summed E-state index contributed by atoms with van der Waals surface area (Å²) in [6.07, 6.45) is 1.86. The summed E-state index contributed by atoms with van der Waals surface area (Å²) in [6, 6.07) is 7.85. The molecule has 3 nitrogen and oxygen atoms in total. The highest BCUT2D eigenvalue weighted by atomic mass is 32.2. The number of nitrogens with one attached hydrogen (secondary N) is 2. The van der Waals surface area contributed by atoms with Crippen LogP contribution in [0.4, 0.5) is 5.69 Å². The first kappa shape index (κ1) is 13.9. The van der Waals surface area contributed by atoms with Gasteiger partial charge in [-0.2, -0.15) is 0 Å². The van der Waals surface area contributed by atoms with E-state index in [4.69, 9.17) is 0 Å². The van der Waals surface area contributed by atoms with Crippen molar-refractivity contribution < 1.29 is 4.79 Å². The molecule has 0 aliphatic carbocycles. The van der Waals surface area contributed by atoms with Crippen LogP contribution in [0.2, 0.25) is 0 Å². The Labute approximate surface area is 118 Å². The van der Waals surface area contributed by atoms with Crippen LogP contribution in [0.25, 0.3) is 0 Å². The SMILES string of the molecule is C=CCSc1ccccc1NC(=O)C(C)=C1CNC1. The van der Waals surface area contributed by atoms with Crippen molar-refractivity contribution in [3.63, 3.8) is 0 Å². The van der Waals surface area contributed by atoms with Gasteiger partial charge in [-0.05, 0) is 24.6 Å². The minimum Gasteiger partial charge on any atom is -0.321 e. The Bertz CT molecular complexity index is 517. The highest BCUT2D eigenvalue weighted by molar-refractivity contribution is 7.99. The molecule has 19 heavy (non-hydrogen) atoms. The van der Waals surface area contributed by atoms with Crippen LogP contribution in [0, 0.1) is 0 Å². The molecule has 2 N–H and O–H groups in total. The number of amides is 1. The normalized spacial score (nSPS) is 13.6. The van der Waals surface area contributed by atoms with Crippen molar-refractivity contribution in [2.75, 3.05) is 24.2 Å². The lowest BCUT2D eigenvalue weighted by Gasteiger charge is -2.21. The lowest BCUT2D eigenvalue weighted by atomic mass is 10.0. The lowest BCUT2D eigenvalue weighted by molar-refractivity contribution is -0.112. The van der Waals surface area contributed by atoms with Gasteiger partial charge in [-0.15, -0.1) is 18.3 Å². The first-order valence-corrected chi connectivity index (χ1v) is 7.24. The maximum absolute atomic E-state index is 12.1. The molecule has 0 unspecified atom stereocenters. The standard InChI is InChI=1S/C15H18N2OS/c1-3-8-19-14-7-5-4-6-13(14)17-15(18)11(2)12-9-16-10-12/h3-7,16H,1,8-10H2,2H3,(H,17,18). The third-order valence-corrected chi connectivity index (χ3v) is 4.11.